The van der Waals surface area contributed by atoms with Crippen molar-refractivity contribution in [2.24, 2.45) is 0 Å². The lowest BCUT2D eigenvalue weighted by atomic mass is 9.92. The third-order valence-electron chi connectivity index (χ3n) is 5.56. The molecule has 12 nitrogen and oxygen atoms in total. The molecule has 0 aromatic heterocycles. The van der Waals surface area contributed by atoms with Crippen LogP contribution in [0.3, 0.4) is 0 Å². The molecular formula is C21H22O12. The van der Waals surface area contributed by atoms with Gasteiger partial charge in [0.2, 0.25) is 5.78 Å². The molecule has 2 aliphatic rings. The van der Waals surface area contributed by atoms with Crippen molar-refractivity contribution < 1.29 is 59.9 Å². The number of phenols is 4. The third kappa shape index (κ3) is 4.04. The van der Waals surface area contributed by atoms with Gasteiger partial charge in [-0.25, -0.2) is 0 Å². The van der Waals surface area contributed by atoms with Crippen molar-refractivity contribution in [3.05, 3.63) is 41.5 Å². The molecule has 8 N–H and O–H groups in total. The van der Waals surface area contributed by atoms with Gasteiger partial charge in [-0.3, -0.25) is 4.79 Å². The van der Waals surface area contributed by atoms with Gasteiger partial charge in [0.05, 0.1) is 6.61 Å². The first-order chi connectivity index (χ1) is 15.6. The average Bonchev–Trinajstić information content (AvgIpc) is 2.76. The Hall–Kier alpha value is -3.13. The van der Waals surface area contributed by atoms with E-state index in [0.717, 1.165) is 24.3 Å². The quantitative estimate of drug-likeness (QED) is 0.256. The van der Waals surface area contributed by atoms with Gasteiger partial charge in [-0.05, 0) is 17.7 Å². The summed E-state index contributed by atoms with van der Waals surface area (Å²) < 4.78 is 16.7. The number of hydrogen-bond acceptors (Lipinski definition) is 12. The summed E-state index contributed by atoms with van der Waals surface area (Å²) in [6.45, 7) is -0.724. The first-order valence-electron chi connectivity index (χ1n) is 9.87. The highest BCUT2D eigenvalue weighted by Crippen LogP contribution is 2.44. The SMILES string of the molecule is O=C1c2c(O)cc(O)cc2O[C@H](c2ccc(O)c(O)c2)[C@@H]1O[C@@H]1O[C@H](CO)[C@H](O)[C@H](O)[C@H]1O. The van der Waals surface area contributed by atoms with Crippen LogP contribution < -0.4 is 4.74 Å². The summed E-state index contributed by atoms with van der Waals surface area (Å²) in [5.74, 6) is -3.00. The summed E-state index contributed by atoms with van der Waals surface area (Å²) >= 11 is 0. The van der Waals surface area contributed by atoms with Crippen molar-refractivity contribution in [1.29, 1.82) is 0 Å². The molecule has 1 saturated heterocycles. The van der Waals surface area contributed by atoms with Gasteiger partial charge in [-0.1, -0.05) is 6.07 Å². The summed E-state index contributed by atoms with van der Waals surface area (Å²) in [6, 6.07) is 5.57. The minimum Gasteiger partial charge on any atom is -0.508 e. The number of fused-ring (bicyclic) bond motifs is 1. The van der Waals surface area contributed by atoms with Gasteiger partial charge in [-0.2, -0.15) is 0 Å². The third-order valence-corrected chi connectivity index (χ3v) is 5.56. The lowest BCUT2D eigenvalue weighted by molar-refractivity contribution is -0.311. The van der Waals surface area contributed by atoms with Crippen molar-refractivity contribution in [3.63, 3.8) is 0 Å². The van der Waals surface area contributed by atoms with Gasteiger partial charge in [0, 0.05) is 12.1 Å². The molecule has 2 aromatic rings. The lowest BCUT2D eigenvalue weighted by Gasteiger charge is -2.42. The summed E-state index contributed by atoms with van der Waals surface area (Å²) in [4.78, 5) is 13.3. The maximum atomic E-state index is 13.3. The molecule has 0 radical (unpaired) electrons. The Labute approximate surface area is 186 Å². The topological polar surface area (TPSA) is 207 Å². The molecule has 0 aliphatic carbocycles. The van der Waals surface area contributed by atoms with Crippen molar-refractivity contribution in [1.82, 2.24) is 0 Å². The Morgan fingerprint density at radius 1 is 0.879 bits per heavy atom. The molecule has 33 heavy (non-hydrogen) atoms. The van der Waals surface area contributed by atoms with Crippen LogP contribution >= 0.6 is 0 Å². The predicted molar refractivity (Wildman–Crippen MR) is 106 cm³/mol. The van der Waals surface area contributed by atoms with E-state index in [0.29, 0.717) is 0 Å². The average molecular weight is 466 g/mol. The van der Waals surface area contributed by atoms with Crippen LogP contribution in [0, 0.1) is 0 Å². The number of carbonyl (C=O) groups excluding carboxylic acids is 1. The summed E-state index contributed by atoms with van der Waals surface area (Å²) in [7, 11) is 0. The molecule has 2 aromatic carbocycles. The molecule has 0 saturated carbocycles. The van der Waals surface area contributed by atoms with Crippen LogP contribution in [-0.2, 0) is 9.47 Å². The zero-order valence-corrected chi connectivity index (χ0v) is 16.8. The van der Waals surface area contributed by atoms with E-state index in [2.05, 4.69) is 0 Å². The molecule has 2 aliphatic heterocycles. The lowest BCUT2D eigenvalue weighted by Crippen LogP contribution is -2.60. The number of ketones is 1. The molecule has 2 heterocycles. The van der Waals surface area contributed by atoms with E-state index >= 15 is 0 Å². The van der Waals surface area contributed by atoms with Crippen LogP contribution in [-0.4, -0.2) is 90.1 Å². The van der Waals surface area contributed by atoms with Crippen LogP contribution in [0.5, 0.6) is 28.7 Å². The molecule has 12 heteroatoms. The number of benzene rings is 2. The highest BCUT2D eigenvalue weighted by Gasteiger charge is 2.49. The van der Waals surface area contributed by atoms with Gasteiger partial charge in [0.15, 0.2) is 30.0 Å². The van der Waals surface area contributed by atoms with E-state index in [1.54, 1.807) is 0 Å². The minimum atomic E-state index is -1.82. The first-order valence-corrected chi connectivity index (χ1v) is 9.87. The Kier molecular flexibility index (Phi) is 6.05. The number of rotatable bonds is 4. The van der Waals surface area contributed by atoms with E-state index in [1.807, 2.05) is 0 Å². The molecule has 0 amide bonds. The number of aromatic hydroxyl groups is 4. The monoisotopic (exact) mass is 466 g/mol. The number of aliphatic hydroxyl groups is 4. The van der Waals surface area contributed by atoms with Gasteiger partial charge >= 0.3 is 0 Å². The van der Waals surface area contributed by atoms with Crippen LogP contribution in [0.15, 0.2) is 30.3 Å². The number of ether oxygens (including phenoxy) is 3. The van der Waals surface area contributed by atoms with Crippen molar-refractivity contribution in [2.75, 3.05) is 6.61 Å². The number of phenolic OH excluding ortho intramolecular Hbond substituents is 4. The van der Waals surface area contributed by atoms with Crippen LogP contribution in [0.4, 0.5) is 0 Å². The summed E-state index contributed by atoms with van der Waals surface area (Å²) in [6.07, 6.45) is -11.2. The highest BCUT2D eigenvalue weighted by molar-refractivity contribution is 6.05. The summed E-state index contributed by atoms with van der Waals surface area (Å²) in [5.41, 5.74) is -0.191. The second-order valence-corrected chi connectivity index (χ2v) is 7.74. The zero-order chi connectivity index (χ0) is 24.0. The summed E-state index contributed by atoms with van der Waals surface area (Å²) in [5, 5.41) is 79.2. The van der Waals surface area contributed by atoms with E-state index in [9.17, 15) is 45.6 Å². The second-order valence-electron chi connectivity index (χ2n) is 7.74. The van der Waals surface area contributed by atoms with Crippen molar-refractivity contribution in [2.45, 2.75) is 42.9 Å². The Bertz CT molecular complexity index is 1050. The molecule has 7 atom stereocenters. The van der Waals surface area contributed by atoms with Gasteiger partial charge in [0.25, 0.3) is 0 Å². The fourth-order valence-electron chi connectivity index (χ4n) is 3.82. The second kappa shape index (κ2) is 8.67. The molecule has 0 spiro atoms. The van der Waals surface area contributed by atoms with Crippen LogP contribution in [0.2, 0.25) is 0 Å². The number of carbonyl (C=O) groups is 1. The normalized spacial score (nSPS) is 31.6. The number of hydrogen-bond donors (Lipinski definition) is 8. The van der Waals surface area contributed by atoms with Crippen molar-refractivity contribution in [3.8, 4) is 28.7 Å². The maximum Gasteiger partial charge on any atom is 0.203 e. The largest absolute Gasteiger partial charge is 0.508 e. The maximum absolute atomic E-state index is 13.3. The molecular weight excluding hydrogens is 444 g/mol. The fourth-order valence-corrected chi connectivity index (χ4v) is 3.82. The van der Waals surface area contributed by atoms with Gasteiger partial charge in [-0.15, -0.1) is 0 Å². The molecule has 1 fully saturated rings. The first kappa shape index (κ1) is 23.0. The number of aliphatic hydroxyl groups excluding tert-OH is 4. The van der Waals surface area contributed by atoms with Crippen LogP contribution in [0.25, 0.3) is 0 Å². The molecule has 4 rings (SSSR count). The smallest absolute Gasteiger partial charge is 0.203 e. The Morgan fingerprint density at radius 3 is 2.27 bits per heavy atom. The van der Waals surface area contributed by atoms with E-state index in [-0.39, 0.29) is 22.6 Å². The van der Waals surface area contributed by atoms with Crippen LogP contribution in [0.1, 0.15) is 22.0 Å². The van der Waals surface area contributed by atoms with Crippen molar-refractivity contribution >= 4 is 5.78 Å². The minimum absolute atomic E-state index is 0.140. The van der Waals surface area contributed by atoms with E-state index < -0.39 is 72.6 Å². The Balaban J connectivity index is 1.75. The Morgan fingerprint density at radius 2 is 1.61 bits per heavy atom. The van der Waals surface area contributed by atoms with Gasteiger partial charge in [0.1, 0.15) is 47.2 Å². The molecule has 0 unspecified atom stereocenters. The van der Waals surface area contributed by atoms with E-state index in [4.69, 9.17) is 14.2 Å². The predicted octanol–water partition coefficient (Wildman–Crippen LogP) is -0.990. The number of Topliss-reactive ketones (excluding diaryl/α,β-unsaturated/α-hetero) is 1. The molecule has 0 bridgehead atoms. The molecule has 178 valence electrons. The fraction of sp³-hybridized carbons (Fsp3) is 0.381. The van der Waals surface area contributed by atoms with Gasteiger partial charge < -0.3 is 55.1 Å². The zero-order valence-electron chi connectivity index (χ0n) is 16.8. The standard InChI is InChI=1S/C21H22O12/c22-6-13-15(27)17(29)18(30)21(32-13)33-20-16(28)14-11(26)4-8(23)5-12(14)31-19(20)7-1-2-9(24)10(25)3-7/h1-5,13,15,17-27,29-30H,6H2/t13-,15+,17+,18-,19-,20-,21+/m1/s1. The highest BCUT2D eigenvalue weighted by atomic mass is 16.7. The van der Waals surface area contributed by atoms with E-state index in [1.165, 1.54) is 6.07 Å².